The molecule has 0 saturated heterocycles. The van der Waals surface area contributed by atoms with Crippen LogP contribution in [0.1, 0.15) is 17.5 Å². The zero-order valence-corrected chi connectivity index (χ0v) is 10.0. The Morgan fingerprint density at radius 2 is 2.06 bits per heavy atom. The molecular weight excluding hydrogens is 251 g/mol. The van der Waals surface area contributed by atoms with E-state index in [1.807, 2.05) is 0 Å². The monoisotopic (exact) mass is 263 g/mol. The first kappa shape index (κ1) is 13.9. The lowest BCUT2D eigenvalue weighted by Crippen LogP contribution is -2.13. The molecule has 0 atom stereocenters. The molecule has 1 N–H and O–H groups in total. The number of anilines is 1. The summed E-state index contributed by atoms with van der Waals surface area (Å²) in [6.45, 7) is 1.38. The summed E-state index contributed by atoms with van der Waals surface area (Å²) >= 11 is 3.87. The van der Waals surface area contributed by atoms with E-state index in [1.165, 1.54) is 19.1 Å². The maximum atomic E-state index is 12.6. The molecule has 1 rings (SSSR count). The standard InChI is InChI=1S/C11H12F3NOS/c1-7-2-3-8(15-10(16)4-5-17)6-9(7)11(12,13)14/h2-3,6,17H,4-5H2,1H3,(H,15,16). The molecule has 0 fully saturated rings. The van der Waals surface area contributed by atoms with Crippen LogP contribution in [0.2, 0.25) is 0 Å². The number of nitrogens with one attached hydrogen (secondary N) is 1. The molecule has 0 heterocycles. The summed E-state index contributed by atoms with van der Waals surface area (Å²) in [6.07, 6.45) is -4.24. The molecule has 0 spiro atoms. The summed E-state index contributed by atoms with van der Waals surface area (Å²) in [4.78, 5) is 11.2. The zero-order valence-electron chi connectivity index (χ0n) is 9.14. The van der Waals surface area contributed by atoms with Crippen molar-refractivity contribution in [2.75, 3.05) is 11.1 Å². The second-order valence-corrected chi connectivity index (χ2v) is 4.00. The van der Waals surface area contributed by atoms with Gasteiger partial charge < -0.3 is 5.32 Å². The van der Waals surface area contributed by atoms with Crippen molar-refractivity contribution in [3.63, 3.8) is 0 Å². The van der Waals surface area contributed by atoms with Gasteiger partial charge >= 0.3 is 6.18 Å². The molecule has 0 radical (unpaired) electrons. The highest BCUT2D eigenvalue weighted by Crippen LogP contribution is 2.33. The number of hydrogen-bond acceptors (Lipinski definition) is 2. The zero-order chi connectivity index (χ0) is 13.1. The molecule has 17 heavy (non-hydrogen) atoms. The fourth-order valence-corrected chi connectivity index (χ4v) is 1.53. The molecule has 0 bridgehead atoms. The highest BCUT2D eigenvalue weighted by Gasteiger charge is 2.32. The van der Waals surface area contributed by atoms with E-state index in [-0.39, 0.29) is 23.6 Å². The van der Waals surface area contributed by atoms with Gasteiger partial charge in [0.25, 0.3) is 0 Å². The third-order valence-electron chi connectivity index (χ3n) is 2.17. The largest absolute Gasteiger partial charge is 0.416 e. The second kappa shape index (κ2) is 5.44. The number of alkyl halides is 3. The second-order valence-electron chi connectivity index (χ2n) is 3.55. The van der Waals surface area contributed by atoms with Gasteiger partial charge in [-0.2, -0.15) is 25.8 Å². The minimum atomic E-state index is -4.41. The summed E-state index contributed by atoms with van der Waals surface area (Å²) in [5, 5.41) is 2.39. The Hall–Kier alpha value is -1.17. The Morgan fingerprint density at radius 3 is 2.59 bits per heavy atom. The number of carbonyl (C=O) groups excluding carboxylic acids is 1. The number of benzene rings is 1. The lowest BCUT2D eigenvalue weighted by atomic mass is 10.1. The van der Waals surface area contributed by atoms with Crippen LogP contribution in [0, 0.1) is 6.92 Å². The Bertz CT molecular complexity index is 418. The summed E-state index contributed by atoms with van der Waals surface area (Å²) in [5.41, 5.74) is -0.458. The molecule has 2 nitrogen and oxygen atoms in total. The predicted molar refractivity (Wildman–Crippen MR) is 63.3 cm³/mol. The highest BCUT2D eigenvalue weighted by molar-refractivity contribution is 7.80. The SMILES string of the molecule is Cc1ccc(NC(=O)CCS)cc1C(F)(F)F. The first-order valence-electron chi connectivity index (χ1n) is 4.93. The molecule has 94 valence electrons. The van der Waals surface area contributed by atoms with E-state index in [2.05, 4.69) is 17.9 Å². The van der Waals surface area contributed by atoms with Crippen LogP contribution in [0.3, 0.4) is 0 Å². The van der Waals surface area contributed by atoms with E-state index in [4.69, 9.17) is 0 Å². The average Bonchev–Trinajstić information content (AvgIpc) is 2.19. The van der Waals surface area contributed by atoms with E-state index in [0.29, 0.717) is 5.75 Å². The van der Waals surface area contributed by atoms with Crippen molar-refractivity contribution in [1.29, 1.82) is 0 Å². The molecule has 0 aliphatic carbocycles. The van der Waals surface area contributed by atoms with E-state index in [9.17, 15) is 18.0 Å². The molecule has 0 aliphatic rings. The fraction of sp³-hybridized carbons (Fsp3) is 0.364. The van der Waals surface area contributed by atoms with Gasteiger partial charge in [0.2, 0.25) is 5.91 Å². The predicted octanol–water partition coefficient (Wildman–Crippen LogP) is 3.27. The normalized spacial score (nSPS) is 11.4. The van der Waals surface area contributed by atoms with Crippen molar-refractivity contribution in [3.8, 4) is 0 Å². The lowest BCUT2D eigenvalue weighted by molar-refractivity contribution is -0.138. The average molecular weight is 263 g/mol. The van der Waals surface area contributed by atoms with E-state index < -0.39 is 11.7 Å². The smallest absolute Gasteiger partial charge is 0.326 e. The Balaban J connectivity index is 2.93. The highest BCUT2D eigenvalue weighted by atomic mass is 32.1. The number of thiol groups is 1. The van der Waals surface area contributed by atoms with Gasteiger partial charge in [0.1, 0.15) is 0 Å². The van der Waals surface area contributed by atoms with Crippen LogP contribution in [-0.4, -0.2) is 11.7 Å². The first-order valence-corrected chi connectivity index (χ1v) is 5.56. The van der Waals surface area contributed by atoms with Crippen LogP contribution in [0.15, 0.2) is 18.2 Å². The Kier molecular flexibility index (Phi) is 4.45. The topological polar surface area (TPSA) is 29.1 Å². The van der Waals surface area contributed by atoms with E-state index in [1.54, 1.807) is 0 Å². The molecule has 0 unspecified atom stereocenters. The van der Waals surface area contributed by atoms with Gasteiger partial charge in [-0.05, 0) is 30.4 Å². The van der Waals surface area contributed by atoms with Crippen molar-refractivity contribution in [3.05, 3.63) is 29.3 Å². The van der Waals surface area contributed by atoms with Crippen LogP contribution in [0.25, 0.3) is 0 Å². The van der Waals surface area contributed by atoms with Crippen molar-refractivity contribution in [2.45, 2.75) is 19.5 Å². The molecular formula is C11H12F3NOS. The number of halogens is 3. The quantitative estimate of drug-likeness (QED) is 0.805. The maximum absolute atomic E-state index is 12.6. The van der Waals surface area contributed by atoms with Crippen LogP contribution in [0.5, 0.6) is 0 Å². The minimum absolute atomic E-state index is 0.129. The molecule has 0 aliphatic heterocycles. The van der Waals surface area contributed by atoms with Crippen molar-refractivity contribution in [1.82, 2.24) is 0 Å². The van der Waals surface area contributed by atoms with Crippen LogP contribution in [-0.2, 0) is 11.0 Å². The third-order valence-corrected chi connectivity index (χ3v) is 2.39. The Labute approximate surface area is 103 Å². The summed E-state index contributed by atoms with van der Waals surface area (Å²) in [6, 6.07) is 3.71. The molecule has 0 aromatic heterocycles. The summed E-state index contributed by atoms with van der Waals surface area (Å²) in [5.74, 6) is 0.000994. The lowest BCUT2D eigenvalue weighted by Gasteiger charge is -2.12. The van der Waals surface area contributed by atoms with Crippen molar-refractivity contribution in [2.24, 2.45) is 0 Å². The third kappa shape index (κ3) is 3.96. The van der Waals surface area contributed by atoms with E-state index >= 15 is 0 Å². The van der Waals surface area contributed by atoms with Crippen LogP contribution < -0.4 is 5.32 Å². The van der Waals surface area contributed by atoms with Gasteiger partial charge in [-0.15, -0.1) is 0 Å². The number of aryl methyl sites for hydroxylation is 1. The molecule has 1 aromatic rings. The summed E-state index contributed by atoms with van der Waals surface area (Å²) < 4.78 is 37.8. The number of hydrogen-bond donors (Lipinski definition) is 2. The minimum Gasteiger partial charge on any atom is -0.326 e. The number of amides is 1. The van der Waals surface area contributed by atoms with Gasteiger partial charge in [-0.25, -0.2) is 0 Å². The van der Waals surface area contributed by atoms with Crippen molar-refractivity contribution >= 4 is 24.2 Å². The molecule has 6 heteroatoms. The molecule has 1 aromatic carbocycles. The van der Waals surface area contributed by atoms with Gasteiger partial charge in [0.05, 0.1) is 5.56 Å². The summed E-state index contributed by atoms with van der Waals surface area (Å²) in [7, 11) is 0. The van der Waals surface area contributed by atoms with Crippen molar-refractivity contribution < 1.29 is 18.0 Å². The fourth-order valence-electron chi connectivity index (χ4n) is 1.33. The molecule has 1 amide bonds. The Morgan fingerprint density at radius 1 is 1.41 bits per heavy atom. The number of rotatable bonds is 3. The van der Waals surface area contributed by atoms with Gasteiger partial charge in [-0.1, -0.05) is 6.07 Å². The van der Waals surface area contributed by atoms with Crippen LogP contribution >= 0.6 is 12.6 Å². The van der Waals surface area contributed by atoms with Gasteiger partial charge in [-0.3, -0.25) is 4.79 Å². The van der Waals surface area contributed by atoms with Crippen LogP contribution in [0.4, 0.5) is 18.9 Å². The maximum Gasteiger partial charge on any atom is 0.416 e. The molecule has 0 saturated carbocycles. The first-order chi connectivity index (χ1) is 7.84. The number of carbonyl (C=O) groups is 1. The van der Waals surface area contributed by atoms with E-state index in [0.717, 1.165) is 6.07 Å². The van der Waals surface area contributed by atoms with Gasteiger partial charge in [0, 0.05) is 12.1 Å². The van der Waals surface area contributed by atoms with Gasteiger partial charge in [0.15, 0.2) is 0 Å².